The number of hydrogen-bond acceptors (Lipinski definition) is 2. The summed E-state index contributed by atoms with van der Waals surface area (Å²) in [5.41, 5.74) is 1.49. The van der Waals surface area contributed by atoms with E-state index in [4.69, 9.17) is 0 Å². The van der Waals surface area contributed by atoms with Gasteiger partial charge in [-0.15, -0.1) is 0 Å². The molecule has 0 aliphatic heterocycles. The van der Waals surface area contributed by atoms with E-state index in [-0.39, 0.29) is 11.5 Å². The van der Waals surface area contributed by atoms with Crippen LogP contribution in [0.25, 0.3) is 6.08 Å². The van der Waals surface area contributed by atoms with E-state index >= 15 is 0 Å². The van der Waals surface area contributed by atoms with Gasteiger partial charge in [0.05, 0.1) is 0 Å². The molecule has 2 aromatic carbocycles. The highest BCUT2D eigenvalue weighted by Crippen LogP contribution is 2.07. The Morgan fingerprint density at radius 1 is 0.895 bits per heavy atom. The zero-order valence-electron chi connectivity index (χ0n) is 10.4. The minimum absolute atomic E-state index is 0.265. The van der Waals surface area contributed by atoms with Gasteiger partial charge in [0.25, 0.3) is 0 Å². The van der Waals surface area contributed by atoms with Crippen molar-refractivity contribution in [2.45, 2.75) is 0 Å². The van der Waals surface area contributed by atoms with Crippen LogP contribution < -0.4 is 0 Å². The molecular formula is C17H14O2. The summed E-state index contributed by atoms with van der Waals surface area (Å²) in [6.45, 7) is 0. The van der Waals surface area contributed by atoms with E-state index in [0.717, 1.165) is 5.56 Å². The number of carbonyl (C=O) groups excluding carboxylic acids is 1. The molecule has 0 fully saturated rings. The lowest BCUT2D eigenvalue weighted by Gasteiger charge is -1.98. The van der Waals surface area contributed by atoms with Crippen molar-refractivity contribution >= 4 is 11.9 Å². The molecule has 0 aromatic heterocycles. The Morgan fingerprint density at radius 2 is 1.47 bits per heavy atom. The fourth-order valence-corrected chi connectivity index (χ4v) is 1.63. The van der Waals surface area contributed by atoms with E-state index in [1.807, 2.05) is 42.5 Å². The van der Waals surface area contributed by atoms with E-state index in [0.29, 0.717) is 5.56 Å². The second-order valence-electron chi connectivity index (χ2n) is 4.02. The molecule has 0 saturated heterocycles. The highest BCUT2D eigenvalue weighted by atomic mass is 16.3. The first-order valence-corrected chi connectivity index (χ1v) is 5.99. The summed E-state index contributed by atoms with van der Waals surface area (Å²) in [6.07, 6.45) is 4.89. The highest BCUT2D eigenvalue weighted by molar-refractivity contribution is 6.07. The van der Waals surface area contributed by atoms with Gasteiger partial charge in [-0.3, -0.25) is 4.79 Å². The van der Waals surface area contributed by atoms with Crippen LogP contribution in [0.4, 0.5) is 0 Å². The van der Waals surface area contributed by atoms with Crippen LogP contribution in [0.2, 0.25) is 0 Å². The second kappa shape index (κ2) is 6.36. The molecule has 0 aliphatic carbocycles. The van der Waals surface area contributed by atoms with Crippen molar-refractivity contribution in [2.75, 3.05) is 0 Å². The Labute approximate surface area is 112 Å². The van der Waals surface area contributed by atoms with Gasteiger partial charge in [0.15, 0.2) is 5.76 Å². The fourth-order valence-electron chi connectivity index (χ4n) is 1.63. The van der Waals surface area contributed by atoms with E-state index in [9.17, 15) is 9.90 Å². The van der Waals surface area contributed by atoms with Crippen LogP contribution in [0.5, 0.6) is 0 Å². The number of carbonyl (C=O) groups is 1. The summed E-state index contributed by atoms with van der Waals surface area (Å²) in [5.74, 6) is -0.642. The Hall–Kier alpha value is -2.61. The maximum atomic E-state index is 11.8. The number of hydrogen-bond donors (Lipinski definition) is 1. The lowest BCUT2D eigenvalue weighted by Crippen LogP contribution is -2.01. The molecule has 2 heteroatoms. The van der Waals surface area contributed by atoms with Gasteiger partial charge in [-0.25, -0.2) is 0 Å². The monoisotopic (exact) mass is 250 g/mol. The average Bonchev–Trinajstić information content (AvgIpc) is 2.48. The van der Waals surface area contributed by atoms with E-state index < -0.39 is 0 Å². The van der Waals surface area contributed by atoms with Crippen LogP contribution in [0.3, 0.4) is 0 Å². The van der Waals surface area contributed by atoms with Crippen LogP contribution >= 0.6 is 0 Å². The maximum Gasteiger partial charge on any atom is 0.227 e. The third-order valence-corrected chi connectivity index (χ3v) is 2.61. The molecule has 19 heavy (non-hydrogen) atoms. The predicted octanol–water partition coefficient (Wildman–Crippen LogP) is 4.02. The van der Waals surface area contributed by atoms with Crippen molar-refractivity contribution in [1.82, 2.24) is 0 Å². The van der Waals surface area contributed by atoms with Crippen molar-refractivity contribution < 1.29 is 9.90 Å². The Balaban J connectivity index is 2.08. The number of allylic oxidation sites excluding steroid dienone is 3. The molecule has 0 spiro atoms. The van der Waals surface area contributed by atoms with Crippen molar-refractivity contribution in [3.63, 3.8) is 0 Å². The normalized spacial score (nSPS) is 11.7. The van der Waals surface area contributed by atoms with Gasteiger partial charge in [0.2, 0.25) is 5.78 Å². The molecule has 2 nitrogen and oxygen atoms in total. The molecule has 2 rings (SSSR count). The molecule has 0 radical (unpaired) electrons. The van der Waals surface area contributed by atoms with Gasteiger partial charge < -0.3 is 5.11 Å². The molecule has 0 unspecified atom stereocenters. The van der Waals surface area contributed by atoms with Gasteiger partial charge in [0.1, 0.15) is 0 Å². The van der Waals surface area contributed by atoms with Crippen LogP contribution in [0, 0.1) is 0 Å². The van der Waals surface area contributed by atoms with Gasteiger partial charge in [-0.1, -0.05) is 72.8 Å². The van der Waals surface area contributed by atoms with Gasteiger partial charge in [-0.05, 0) is 11.6 Å². The summed E-state index contributed by atoms with van der Waals surface area (Å²) < 4.78 is 0. The summed E-state index contributed by atoms with van der Waals surface area (Å²) in [6, 6.07) is 18.4. The third-order valence-electron chi connectivity index (χ3n) is 2.61. The SMILES string of the molecule is O=C(C(O)=CC=Cc1ccccc1)c1ccccc1. The largest absolute Gasteiger partial charge is 0.504 e. The summed E-state index contributed by atoms with van der Waals surface area (Å²) in [7, 11) is 0. The van der Waals surface area contributed by atoms with Gasteiger partial charge >= 0.3 is 0 Å². The molecule has 0 saturated carbocycles. The van der Waals surface area contributed by atoms with E-state index in [2.05, 4.69) is 0 Å². The molecule has 0 heterocycles. The fraction of sp³-hybridized carbons (Fsp3) is 0. The number of rotatable bonds is 4. The van der Waals surface area contributed by atoms with E-state index in [1.165, 1.54) is 6.08 Å². The summed E-state index contributed by atoms with van der Waals surface area (Å²) in [5, 5.41) is 9.71. The first-order chi connectivity index (χ1) is 9.27. The zero-order valence-corrected chi connectivity index (χ0v) is 10.4. The molecule has 0 atom stereocenters. The van der Waals surface area contributed by atoms with Crippen LogP contribution in [-0.2, 0) is 0 Å². The molecular weight excluding hydrogens is 236 g/mol. The first-order valence-electron chi connectivity index (χ1n) is 5.99. The first kappa shape index (κ1) is 12.8. The molecule has 1 N–H and O–H groups in total. The minimum atomic E-state index is -0.377. The standard InChI is InChI=1S/C17H14O2/c18-16(17(19)15-11-5-2-6-12-15)13-7-10-14-8-3-1-4-9-14/h1-13,18H. The molecule has 0 amide bonds. The summed E-state index contributed by atoms with van der Waals surface area (Å²) >= 11 is 0. The smallest absolute Gasteiger partial charge is 0.227 e. The molecule has 94 valence electrons. The van der Waals surface area contributed by atoms with Crippen molar-refractivity contribution in [3.05, 3.63) is 89.7 Å². The number of aliphatic hydroxyl groups is 1. The molecule has 0 aliphatic rings. The molecule has 0 bridgehead atoms. The highest BCUT2D eigenvalue weighted by Gasteiger charge is 2.08. The second-order valence-corrected chi connectivity index (χ2v) is 4.02. The average molecular weight is 250 g/mol. The minimum Gasteiger partial charge on any atom is -0.504 e. The summed E-state index contributed by atoms with van der Waals surface area (Å²) in [4.78, 5) is 11.8. The number of Topliss-reactive ketones (excluding diaryl/α,β-unsaturated/α-hetero) is 1. The number of benzene rings is 2. The quantitative estimate of drug-likeness (QED) is 0.385. The van der Waals surface area contributed by atoms with Crippen LogP contribution in [0.1, 0.15) is 15.9 Å². The van der Waals surface area contributed by atoms with Crippen molar-refractivity contribution in [3.8, 4) is 0 Å². The number of aliphatic hydroxyl groups excluding tert-OH is 1. The maximum absolute atomic E-state index is 11.8. The molecule has 2 aromatic rings. The van der Waals surface area contributed by atoms with Crippen molar-refractivity contribution in [2.24, 2.45) is 0 Å². The lowest BCUT2D eigenvalue weighted by atomic mass is 10.1. The topological polar surface area (TPSA) is 37.3 Å². The van der Waals surface area contributed by atoms with E-state index in [1.54, 1.807) is 30.3 Å². The Bertz CT molecular complexity index is 596. The predicted molar refractivity (Wildman–Crippen MR) is 77.0 cm³/mol. The Morgan fingerprint density at radius 3 is 2.11 bits per heavy atom. The van der Waals surface area contributed by atoms with Crippen LogP contribution in [-0.4, -0.2) is 10.9 Å². The third kappa shape index (κ3) is 3.68. The Kier molecular flexibility index (Phi) is 4.29. The van der Waals surface area contributed by atoms with Gasteiger partial charge in [0, 0.05) is 5.56 Å². The lowest BCUT2D eigenvalue weighted by molar-refractivity contribution is 0.0978. The zero-order chi connectivity index (χ0) is 13.5. The number of ketones is 1. The van der Waals surface area contributed by atoms with Crippen LogP contribution in [0.15, 0.2) is 78.6 Å². The van der Waals surface area contributed by atoms with Crippen molar-refractivity contribution in [1.29, 1.82) is 0 Å². The van der Waals surface area contributed by atoms with Gasteiger partial charge in [-0.2, -0.15) is 0 Å².